The van der Waals surface area contributed by atoms with E-state index < -0.39 is 36.0 Å². The Hall–Kier alpha value is -3.86. The Morgan fingerprint density at radius 2 is 1.72 bits per heavy atom. The number of rotatable bonds is 8. The second kappa shape index (κ2) is 12.4. The number of hydrogen-bond donors (Lipinski definition) is 0. The van der Waals surface area contributed by atoms with Crippen LogP contribution in [0, 0.1) is 0 Å². The van der Waals surface area contributed by atoms with Crippen molar-refractivity contribution in [1.29, 1.82) is 0 Å². The van der Waals surface area contributed by atoms with Crippen LogP contribution in [0.25, 0.3) is 11.1 Å². The average molecular weight is 622 g/mol. The van der Waals surface area contributed by atoms with Crippen LogP contribution in [0.3, 0.4) is 0 Å². The van der Waals surface area contributed by atoms with Gasteiger partial charge in [0.25, 0.3) is 11.8 Å². The first kappa shape index (κ1) is 30.6. The normalized spacial score (nSPS) is 16.7. The highest BCUT2D eigenvalue weighted by atomic mass is 35.5. The highest BCUT2D eigenvalue weighted by Gasteiger charge is 2.38. The van der Waals surface area contributed by atoms with E-state index in [-0.39, 0.29) is 39.2 Å². The zero-order valence-corrected chi connectivity index (χ0v) is 23.8. The average Bonchev–Trinajstić information content (AvgIpc) is 2.96. The van der Waals surface area contributed by atoms with E-state index >= 15 is 0 Å². The lowest BCUT2D eigenvalue weighted by atomic mass is 9.99. The molecule has 0 unspecified atom stereocenters. The SMILES string of the molecule is O=C(CN1CN(CCCOc2ccc(C(F)(F)F)cc2)c2ccc(-c3cccc(Cl)c3)cc2C1=O)N1CCCC(F)(F)C1. The summed E-state index contributed by atoms with van der Waals surface area (Å²) in [4.78, 5) is 31.0. The van der Waals surface area contributed by atoms with Crippen LogP contribution in [0.4, 0.5) is 27.6 Å². The molecule has 3 aromatic rings. The van der Waals surface area contributed by atoms with Gasteiger partial charge >= 0.3 is 6.18 Å². The molecule has 12 heteroatoms. The van der Waals surface area contributed by atoms with E-state index in [1.54, 1.807) is 24.3 Å². The number of halogens is 6. The van der Waals surface area contributed by atoms with Gasteiger partial charge in [-0.3, -0.25) is 9.59 Å². The number of benzene rings is 3. The number of piperidine rings is 1. The van der Waals surface area contributed by atoms with Crippen molar-refractivity contribution in [2.75, 3.05) is 44.4 Å². The first-order valence-corrected chi connectivity index (χ1v) is 14.2. The number of ether oxygens (including phenoxy) is 1. The van der Waals surface area contributed by atoms with Gasteiger partial charge in [0.05, 0.1) is 36.6 Å². The maximum absolute atomic E-state index is 14.0. The number of nitrogens with zero attached hydrogens (tertiary/aromatic N) is 3. The summed E-state index contributed by atoms with van der Waals surface area (Å²) in [7, 11) is 0. The summed E-state index contributed by atoms with van der Waals surface area (Å²) in [5, 5.41) is 0.529. The van der Waals surface area contributed by atoms with E-state index in [9.17, 15) is 31.5 Å². The molecule has 0 aliphatic carbocycles. The van der Waals surface area contributed by atoms with Crippen molar-refractivity contribution in [2.45, 2.75) is 31.4 Å². The van der Waals surface area contributed by atoms with Gasteiger partial charge in [-0.05, 0) is 72.5 Å². The fourth-order valence-corrected chi connectivity index (χ4v) is 5.48. The van der Waals surface area contributed by atoms with Crippen molar-refractivity contribution in [1.82, 2.24) is 9.80 Å². The molecule has 2 heterocycles. The molecule has 0 aromatic heterocycles. The molecule has 5 rings (SSSR count). The van der Waals surface area contributed by atoms with Crippen LogP contribution in [0.1, 0.15) is 35.2 Å². The molecular weight excluding hydrogens is 593 g/mol. The minimum atomic E-state index is -4.44. The predicted molar refractivity (Wildman–Crippen MR) is 152 cm³/mol. The lowest BCUT2D eigenvalue weighted by Gasteiger charge is -2.39. The van der Waals surface area contributed by atoms with Crippen LogP contribution in [0.5, 0.6) is 5.75 Å². The minimum absolute atomic E-state index is 0.0542. The van der Waals surface area contributed by atoms with Crippen LogP contribution in [-0.2, 0) is 11.0 Å². The molecule has 2 aliphatic heterocycles. The van der Waals surface area contributed by atoms with Gasteiger partial charge in [0.2, 0.25) is 5.91 Å². The molecule has 0 saturated carbocycles. The molecule has 2 amide bonds. The molecule has 0 atom stereocenters. The molecule has 0 N–H and O–H groups in total. The zero-order valence-electron chi connectivity index (χ0n) is 23.0. The van der Waals surface area contributed by atoms with E-state index in [4.69, 9.17) is 16.3 Å². The Morgan fingerprint density at radius 3 is 2.42 bits per heavy atom. The maximum atomic E-state index is 14.0. The smallest absolute Gasteiger partial charge is 0.416 e. The highest BCUT2D eigenvalue weighted by Crippen LogP contribution is 2.34. The molecule has 1 fully saturated rings. The number of carbonyl (C=O) groups is 2. The second-order valence-electron chi connectivity index (χ2n) is 10.6. The first-order valence-electron chi connectivity index (χ1n) is 13.8. The van der Waals surface area contributed by atoms with Crippen molar-refractivity contribution >= 4 is 29.1 Å². The third kappa shape index (κ3) is 7.38. The van der Waals surface area contributed by atoms with Crippen LogP contribution in [0.15, 0.2) is 66.7 Å². The lowest BCUT2D eigenvalue weighted by Crippen LogP contribution is -2.53. The van der Waals surface area contributed by atoms with Crippen molar-refractivity contribution < 1.29 is 36.3 Å². The number of hydrogen-bond acceptors (Lipinski definition) is 4. The van der Waals surface area contributed by atoms with Crippen molar-refractivity contribution in [3.63, 3.8) is 0 Å². The van der Waals surface area contributed by atoms with Gasteiger partial charge in [-0.1, -0.05) is 29.8 Å². The topological polar surface area (TPSA) is 53.1 Å². The number of anilines is 1. The minimum Gasteiger partial charge on any atom is -0.494 e. The van der Waals surface area contributed by atoms with Crippen LogP contribution < -0.4 is 9.64 Å². The number of alkyl halides is 5. The highest BCUT2D eigenvalue weighted by molar-refractivity contribution is 6.30. The molecule has 1 saturated heterocycles. The van der Waals surface area contributed by atoms with Crippen molar-refractivity contribution in [2.24, 2.45) is 0 Å². The summed E-state index contributed by atoms with van der Waals surface area (Å²) in [6.07, 6.45) is -4.08. The summed E-state index contributed by atoms with van der Waals surface area (Å²) < 4.78 is 72.1. The summed E-state index contributed by atoms with van der Waals surface area (Å²) in [5.74, 6) is -3.61. The Kier molecular flexibility index (Phi) is 8.82. The second-order valence-corrected chi connectivity index (χ2v) is 11.1. The Balaban J connectivity index is 1.32. The van der Waals surface area contributed by atoms with Gasteiger partial charge in [0.15, 0.2) is 0 Å². The maximum Gasteiger partial charge on any atom is 0.416 e. The largest absolute Gasteiger partial charge is 0.494 e. The number of fused-ring (bicyclic) bond motifs is 1. The lowest BCUT2D eigenvalue weighted by molar-refractivity contribution is -0.142. The summed E-state index contributed by atoms with van der Waals surface area (Å²) >= 11 is 6.17. The van der Waals surface area contributed by atoms with E-state index in [1.807, 2.05) is 23.1 Å². The fraction of sp³-hybridized carbons (Fsp3) is 0.355. The van der Waals surface area contributed by atoms with Gasteiger partial charge in [0, 0.05) is 24.5 Å². The standard InChI is InChI=1S/C31H29ClF5N3O3/c32-24-5-1-4-21(16-24)22-6-11-27-26(17-22)29(42)40(18-28(41)38-13-2-12-30(33,34)19-38)20-39(27)14-3-15-43-25-9-7-23(8-10-25)31(35,36)37/h1,4-11,16-17H,2-3,12-15,18-20H2. The van der Waals surface area contributed by atoms with E-state index in [0.29, 0.717) is 35.0 Å². The Bertz CT molecular complexity index is 1480. The molecule has 0 spiro atoms. The quantitative estimate of drug-likeness (QED) is 0.201. The summed E-state index contributed by atoms with van der Waals surface area (Å²) in [5.41, 5.74) is 1.75. The number of likely N-dealkylation sites (tertiary alicyclic amines) is 1. The van der Waals surface area contributed by atoms with Gasteiger partial charge < -0.3 is 19.4 Å². The molecular formula is C31H29ClF5N3O3. The van der Waals surface area contributed by atoms with Gasteiger partial charge in [-0.15, -0.1) is 0 Å². The third-order valence-corrected chi connectivity index (χ3v) is 7.68. The predicted octanol–water partition coefficient (Wildman–Crippen LogP) is 6.97. The van der Waals surface area contributed by atoms with Gasteiger partial charge in [-0.25, -0.2) is 8.78 Å². The summed E-state index contributed by atoms with van der Waals surface area (Å²) in [6, 6.07) is 17.0. The molecule has 0 radical (unpaired) electrons. The Morgan fingerprint density at radius 1 is 0.977 bits per heavy atom. The molecule has 228 valence electrons. The van der Waals surface area contributed by atoms with E-state index in [1.165, 1.54) is 17.0 Å². The van der Waals surface area contributed by atoms with E-state index in [2.05, 4.69) is 0 Å². The van der Waals surface area contributed by atoms with Crippen molar-refractivity contribution in [3.05, 3.63) is 82.9 Å². The summed E-state index contributed by atoms with van der Waals surface area (Å²) in [6.45, 7) is -0.185. The number of amides is 2. The van der Waals surface area contributed by atoms with E-state index in [0.717, 1.165) is 28.2 Å². The van der Waals surface area contributed by atoms with Gasteiger partial charge in [0.1, 0.15) is 12.3 Å². The van der Waals surface area contributed by atoms with Crippen LogP contribution in [0.2, 0.25) is 5.02 Å². The fourth-order valence-electron chi connectivity index (χ4n) is 5.29. The van der Waals surface area contributed by atoms with Gasteiger partial charge in [-0.2, -0.15) is 13.2 Å². The molecule has 6 nitrogen and oxygen atoms in total. The number of carbonyl (C=O) groups excluding carboxylic acids is 2. The monoisotopic (exact) mass is 621 g/mol. The molecule has 2 aliphatic rings. The third-order valence-electron chi connectivity index (χ3n) is 7.45. The van der Waals surface area contributed by atoms with Crippen LogP contribution in [-0.4, -0.2) is 67.0 Å². The first-order chi connectivity index (χ1) is 20.4. The Labute approximate surface area is 250 Å². The zero-order chi connectivity index (χ0) is 30.8. The van der Waals surface area contributed by atoms with Crippen LogP contribution >= 0.6 is 11.6 Å². The molecule has 0 bridgehead atoms. The molecule has 3 aromatic carbocycles. The van der Waals surface area contributed by atoms with Crippen molar-refractivity contribution in [3.8, 4) is 16.9 Å². The molecule has 43 heavy (non-hydrogen) atoms.